The average molecular weight is 624 g/mol. The first-order valence-electron chi connectivity index (χ1n) is 14.9. The van der Waals surface area contributed by atoms with Crippen LogP contribution < -0.4 is 4.74 Å². The molecule has 0 radical (unpaired) electrons. The molecular weight excluding hydrogens is 584 g/mol. The van der Waals surface area contributed by atoms with Gasteiger partial charge in [-0.2, -0.15) is 4.39 Å². The van der Waals surface area contributed by atoms with Crippen LogP contribution in [0.5, 0.6) is 5.75 Å². The van der Waals surface area contributed by atoms with Crippen molar-refractivity contribution in [1.29, 1.82) is 0 Å². The number of piperidine rings is 1. The van der Waals surface area contributed by atoms with Crippen LogP contribution in [0.15, 0.2) is 41.7 Å². The van der Waals surface area contributed by atoms with E-state index in [1.165, 1.54) is 23.9 Å². The molecule has 2 aromatic carbocycles. The van der Waals surface area contributed by atoms with Crippen molar-refractivity contribution in [3.8, 4) is 22.7 Å². The normalized spacial score (nSPS) is 17.0. The number of halogens is 2. The van der Waals surface area contributed by atoms with E-state index in [1.54, 1.807) is 17.8 Å². The molecule has 0 saturated carbocycles. The van der Waals surface area contributed by atoms with Gasteiger partial charge in [-0.1, -0.05) is 43.0 Å². The van der Waals surface area contributed by atoms with E-state index in [0.29, 0.717) is 24.8 Å². The molecule has 1 aliphatic heterocycles. The summed E-state index contributed by atoms with van der Waals surface area (Å²) in [5, 5.41) is 17.8. The lowest BCUT2D eigenvalue weighted by molar-refractivity contribution is -0.133. The van der Waals surface area contributed by atoms with Gasteiger partial charge in [0.2, 0.25) is 11.7 Å². The Bertz CT molecular complexity index is 1650. The molecule has 4 aromatic rings. The maximum absolute atomic E-state index is 14.8. The molecule has 1 amide bonds. The van der Waals surface area contributed by atoms with E-state index in [9.17, 15) is 13.6 Å². The monoisotopic (exact) mass is 623 g/mol. The largest absolute Gasteiger partial charge is 0.491 e. The van der Waals surface area contributed by atoms with E-state index >= 15 is 0 Å². The molecular formula is C32H39F2N7O2S. The molecule has 1 unspecified atom stereocenters. The second-order valence-electron chi connectivity index (χ2n) is 11.9. The number of carbonyl (C=O) groups is 1. The minimum atomic E-state index is -1.04. The SMILES string of the molecule is CCOc1ccc(-c2cn(CC3(C(C)C)CCCN(C(=O)CSc4nnc(C)n4-c4cc(C)ccc4C)C3)nn2)c(F)c1F. The highest BCUT2D eigenvalue weighted by Gasteiger charge is 2.40. The third-order valence-electron chi connectivity index (χ3n) is 8.55. The lowest BCUT2D eigenvalue weighted by Gasteiger charge is -2.45. The predicted molar refractivity (Wildman–Crippen MR) is 166 cm³/mol. The van der Waals surface area contributed by atoms with E-state index in [4.69, 9.17) is 4.74 Å². The number of benzene rings is 2. The highest BCUT2D eigenvalue weighted by atomic mass is 32.2. The van der Waals surface area contributed by atoms with Crippen LogP contribution >= 0.6 is 11.8 Å². The molecule has 3 heterocycles. The number of thioether (sulfide) groups is 1. The fraction of sp³-hybridized carbons (Fsp3) is 0.469. The van der Waals surface area contributed by atoms with Crippen molar-refractivity contribution in [2.75, 3.05) is 25.4 Å². The van der Waals surface area contributed by atoms with E-state index in [0.717, 1.165) is 35.5 Å². The van der Waals surface area contributed by atoms with E-state index in [1.807, 2.05) is 16.4 Å². The van der Waals surface area contributed by atoms with Gasteiger partial charge in [-0.3, -0.25) is 14.0 Å². The molecule has 12 heteroatoms. The van der Waals surface area contributed by atoms with Gasteiger partial charge in [-0.05, 0) is 75.8 Å². The first kappa shape index (κ1) is 31.6. The topological polar surface area (TPSA) is 91.0 Å². The standard InChI is InChI=1S/C32H39F2N7O2S/c1-7-43-27-12-11-24(29(33)30(27)34)25-16-40(38-36-25)19-32(20(2)3)13-8-14-39(18-32)28(42)17-44-31-37-35-23(6)41(31)26-15-21(4)9-10-22(26)5/h9-12,15-16,20H,7-8,13-14,17-19H2,1-6H3. The zero-order valence-corrected chi connectivity index (χ0v) is 26.9. The van der Waals surface area contributed by atoms with Crippen molar-refractivity contribution in [2.45, 2.75) is 66.1 Å². The number of aryl methyl sites for hydroxylation is 3. The van der Waals surface area contributed by atoms with Gasteiger partial charge in [-0.25, -0.2) is 4.39 Å². The molecule has 44 heavy (non-hydrogen) atoms. The van der Waals surface area contributed by atoms with Crippen LogP contribution in [0.2, 0.25) is 0 Å². The summed E-state index contributed by atoms with van der Waals surface area (Å²) in [6.45, 7) is 14.0. The molecule has 9 nitrogen and oxygen atoms in total. The van der Waals surface area contributed by atoms with Crippen molar-refractivity contribution in [3.63, 3.8) is 0 Å². The summed E-state index contributed by atoms with van der Waals surface area (Å²) in [6, 6.07) is 9.12. The Morgan fingerprint density at radius 2 is 1.89 bits per heavy atom. The van der Waals surface area contributed by atoms with Gasteiger partial charge < -0.3 is 9.64 Å². The predicted octanol–water partition coefficient (Wildman–Crippen LogP) is 6.19. The third kappa shape index (κ3) is 6.36. The first-order valence-corrected chi connectivity index (χ1v) is 15.9. The zero-order chi connectivity index (χ0) is 31.6. The number of nitrogens with zero attached hydrogens (tertiary/aromatic N) is 7. The van der Waals surface area contributed by atoms with Gasteiger partial charge in [0, 0.05) is 24.1 Å². The molecule has 1 fully saturated rings. The first-order chi connectivity index (χ1) is 21.0. The molecule has 0 spiro atoms. The number of amides is 1. The molecule has 0 aliphatic carbocycles. The summed E-state index contributed by atoms with van der Waals surface area (Å²) >= 11 is 1.39. The van der Waals surface area contributed by atoms with Gasteiger partial charge in [-0.15, -0.1) is 15.3 Å². The van der Waals surface area contributed by atoms with Crippen LogP contribution in [0, 0.1) is 43.7 Å². The Balaban J connectivity index is 1.30. The molecule has 0 N–H and O–H groups in total. The zero-order valence-electron chi connectivity index (χ0n) is 26.1. The van der Waals surface area contributed by atoms with Gasteiger partial charge in [0.15, 0.2) is 16.7 Å². The second-order valence-corrected chi connectivity index (χ2v) is 12.8. The van der Waals surface area contributed by atoms with Gasteiger partial charge in [0.25, 0.3) is 0 Å². The van der Waals surface area contributed by atoms with E-state index in [2.05, 4.69) is 66.4 Å². The fourth-order valence-corrected chi connectivity index (χ4v) is 6.76. The number of hydrogen-bond donors (Lipinski definition) is 0. The van der Waals surface area contributed by atoms with Crippen molar-refractivity contribution in [2.24, 2.45) is 11.3 Å². The van der Waals surface area contributed by atoms with Gasteiger partial charge in [0.1, 0.15) is 11.5 Å². The van der Waals surface area contributed by atoms with Crippen molar-refractivity contribution < 1.29 is 18.3 Å². The van der Waals surface area contributed by atoms with Crippen LogP contribution in [0.1, 0.15) is 50.6 Å². The van der Waals surface area contributed by atoms with Crippen LogP contribution in [0.25, 0.3) is 16.9 Å². The summed E-state index contributed by atoms with van der Waals surface area (Å²) in [7, 11) is 0. The number of ether oxygens (including phenoxy) is 1. The Morgan fingerprint density at radius 1 is 1.09 bits per heavy atom. The minimum Gasteiger partial charge on any atom is -0.491 e. The molecule has 2 aromatic heterocycles. The molecule has 5 rings (SSSR count). The molecule has 1 atom stereocenters. The molecule has 1 saturated heterocycles. The van der Waals surface area contributed by atoms with Crippen LogP contribution in [-0.2, 0) is 11.3 Å². The highest BCUT2D eigenvalue weighted by molar-refractivity contribution is 7.99. The van der Waals surface area contributed by atoms with E-state index in [-0.39, 0.29) is 46.6 Å². The fourth-order valence-electron chi connectivity index (χ4n) is 5.87. The Kier molecular flexibility index (Phi) is 9.38. The summed E-state index contributed by atoms with van der Waals surface area (Å²) in [4.78, 5) is 15.5. The second kappa shape index (κ2) is 13.1. The molecule has 1 aliphatic rings. The Labute approximate surface area is 261 Å². The number of likely N-dealkylation sites (tertiary alicyclic amines) is 1. The van der Waals surface area contributed by atoms with Crippen LogP contribution in [0.3, 0.4) is 0 Å². The summed E-state index contributed by atoms with van der Waals surface area (Å²) < 4.78 is 38.2. The van der Waals surface area contributed by atoms with Crippen LogP contribution in [0.4, 0.5) is 8.78 Å². The number of rotatable bonds is 10. The third-order valence-corrected chi connectivity index (χ3v) is 9.46. The lowest BCUT2D eigenvalue weighted by atomic mass is 9.71. The summed E-state index contributed by atoms with van der Waals surface area (Å²) in [5.74, 6) is -0.910. The highest BCUT2D eigenvalue weighted by Crippen LogP contribution is 2.40. The average Bonchev–Trinajstić information content (AvgIpc) is 3.61. The number of aromatic nitrogens is 6. The van der Waals surface area contributed by atoms with E-state index < -0.39 is 11.6 Å². The Hall–Kier alpha value is -3.80. The lowest BCUT2D eigenvalue weighted by Crippen LogP contribution is -2.51. The van der Waals surface area contributed by atoms with Crippen molar-refractivity contribution >= 4 is 17.7 Å². The summed E-state index contributed by atoms with van der Waals surface area (Å²) in [6.07, 6.45) is 3.40. The maximum Gasteiger partial charge on any atom is 0.233 e. The maximum atomic E-state index is 14.8. The quantitative estimate of drug-likeness (QED) is 0.195. The van der Waals surface area contributed by atoms with Crippen molar-refractivity contribution in [1.82, 2.24) is 34.7 Å². The number of carbonyl (C=O) groups excluding carboxylic acids is 1. The van der Waals surface area contributed by atoms with Gasteiger partial charge in [0.05, 0.1) is 30.8 Å². The minimum absolute atomic E-state index is 0.0252. The Morgan fingerprint density at radius 3 is 2.64 bits per heavy atom. The molecule has 234 valence electrons. The smallest absolute Gasteiger partial charge is 0.233 e. The van der Waals surface area contributed by atoms with Crippen molar-refractivity contribution in [3.05, 3.63) is 65.1 Å². The van der Waals surface area contributed by atoms with Gasteiger partial charge >= 0.3 is 0 Å². The number of hydrogen-bond acceptors (Lipinski definition) is 7. The summed E-state index contributed by atoms with van der Waals surface area (Å²) in [5.41, 5.74) is 3.27. The molecule has 0 bridgehead atoms. The van der Waals surface area contributed by atoms with Crippen LogP contribution in [-0.4, -0.2) is 66.0 Å².